The molecule has 3 rings (SSSR count). The van der Waals surface area contributed by atoms with Gasteiger partial charge in [-0.3, -0.25) is 4.31 Å². The van der Waals surface area contributed by atoms with Crippen molar-refractivity contribution >= 4 is 27.3 Å². The van der Waals surface area contributed by atoms with Gasteiger partial charge in [-0.25, -0.2) is 8.42 Å². The minimum Gasteiger partial charge on any atom is -0.497 e. The summed E-state index contributed by atoms with van der Waals surface area (Å²) in [6.45, 7) is 0.137. The highest BCUT2D eigenvalue weighted by atomic mass is 35.5. The largest absolute Gasteiger partial charge is 0.497 e. The molecule has 0 aliphatic rings. The predicted molar refractivity (Wildman–Crippen MR) is 104 cm³/mol. The van der Waals surface area contributed by atoms with Crippen LogP contribution in [0.1, 0.15) is 5.56 Å². The lowest BCUT2D eigenvalue weighted by molar-refractivity contribution is 0.414. The summed E-state index contributed by atoms with van der Waals surface area (Å²) in [4.78, 5) is 0.189. The molecule has 0 aliphatic heterocycles. The highest BCUT2D eigenvalue weighted by molar-refractivity contribution is 7.92. The van der Waals surface area contributed by atoms with E-state index in [2.05, 4.69) is 0 Å². The number of methoxy groups -OCH3 is 1. The number of anilines is 1. The molecular weight excluding hydrogens is 370 g/mol. The molecule has 0 N–H and O–H groups in total. The van der Waals surface area contributed by atoms with Crippen molar-refractivity contribution in [3.63, 3.8) is 0 Å². The molecule has 0 saturated heterocycles. The molecule has 4 nitrogen and oxygen atoms in total. The molecule has 26 heavy (non-hydrogen) atoms. The van der Waals surface area contributed by atoms with Gasteiger partial charge in [0.25, 0.3) is 10.0 Å². The van der Waals surface area contributed by atoms with E-state index in [-0.39, 0.29) is 11.4 Å². The maximum absolute atomic E-state index is 13.3. The summed E-state index contributed by atoms with van der Waals surface area (Å²) in [7, 11) is -2.24. The minimum absolute atomic E-state index is 0.137. The van der Waals surface area contributed by atoms with Crippen molar-refractivity contribution in [1.29, 1.82) is 0 Å². The van der Waals surface area contributed by atoms with Crippen LogP contribution in [0.3, 0.4) is 0 Å². The highest BCUT2D eigenvalue weighted by Crippen LogP contribution is 2.28. The Morgan fingerprint density at radius 3 is 2.12 bits per heavy atom. The predicted octanol–water partition coefficient (Wildman–Crippen LogP) is 4.74. The molecule has 0 fully saturated rings. The van der Waals surface area contributed by atoms with Crippen molar-refractivity contribution in [3.05, 3.63) is 89.4 Å². The molecule has 0 amide bonds. The summed E-state index contributed by atoms with van der Waals surface area (Å²) < 4.78 is 33.0. The van der Waals surface area contributed by atoms with Crippen LogP contribution < -0.4 is 9.04 Å². The molecule has 0 saturated carbocycles. The van der Waals surface area contributed by atoms with Gasteiger partial charge in [-0.05, 0) is 48.0 Å². The lowest BCUT2D eigenvalue weighted by Gasteiger charge is -2.25. The van der Waals surface area contributed by atoms with E-state index in [1.165, 1.54) is 23.5 Å². The first-order valence-electron chi connectivity index (χ1n) is 7.97. The molecular formula is C20H18ClNO3S. The molecule has 0 radical (unpaired) electrons. The molecule has 0 unspecified atom stereocenters. The van der Waals surface area contributed by atoms with E-state index in [4.69, 9.17) is 16.3 Å². The van der Waals surface area contributed by atoms with Crippen molar-refractivity contribution in [2.45, 2.75) is 11.4 Å². The van der Waals surface area contributed by atoms with Crippen LogP contribution in [-0.4, -0.2) is 15.5 Å². The zero-order valence-electron chi connectivity index (χ0n) is 14.2. The van der Waals surface area contributed by atoms with Gasteiger partial charge < -0.3 is 4.74 Å². The van der Waals surface area contributed by atoms with E-state index in [0.29, 0.717) is 16.5 Å². The first-order chi connectivity index (χ1) is 12.5. The fraction of sp³-hybridized carbons (Fsp3) is 0.100. The summed E-state index contributed by atoms with van der Waals surface area (Å²) in [5.41, 5.74) is 1.30. The summed E-state index contributed by atoms with van der Waals surface area (Å²) >= 11 is 6.25. The Labute approximate surface area is 158 Å². The van der Waals surface area contributed by atoms with Crippen LogP contribution in [0.25, 0.3) is 0 Å². The number of halogens is 1. The number of sulfonamides is 1. The van der Waals surface area contributed by atoms with Crippen molar-refractivity contribution in [3.8, 4) is 5.75 Å². The number of rotatable bonds is 6. The lowest BCUT2D eigenvalue weighted by atomic mass is 10.2. The van der Waals surface area contributed by atoms with Gasteiger partial charge in [-0.2, -0.15) is 0 Å². The van der Waals surface area contributed by atoms with E-state index in [0.717, 1.165) is 5.56 Å². The Hall–Kier alpha value is -2.50. The second-order valence-corrected chi connectivity index (χ2v) is 7.88. The first kappa shape index (κ1) is 18.3. The van der Waals surface area contributed by atoms with Crippen LogP contribution in [0.4, 0.5) is 5.69 Å². The number of hydrogen-bond acceptors (Lipinski definition) is 3. The average Bonchev–Trinajstić information content (AvgIpc) is 2.68. The van der Waals surface area contributed by atoms with Crippen molar-refractivity contribution in [1.82, 2.24) is 0 Å². The smallest absolute Gasteiger partial charge is 0.264 e. The van der Waals surface area contributed by atoms with Crippen molar-refractivity contribution in [2.24, 2.45) is 0 Å². The summed E-state index contributed by atoms with van der Waals surface area (Å²) in [6.07, 6.45) is 0. The maximum atomic E-state index is 13.3. The van der Waals surface area contributed by atoms with Crippen LogP contribution in [-0.2, 0) is 16.6 Å². The SMILES string of the molecule is COc1ccc(S(=O)(=O)N(Cc2ccccc2Cl)c2ccccc2)cc1. The normalized spacial score (nSPS) is 11.2. The van der Waals surface area contributed by atoms with Gasteiger partial charge in [0.05, 0.1) is 24.2 Å². The standard InChI is InChI=1S/C20H18ClNO3S/c1-25-18-11-13-19(14-12-18)26(23,24)22(17-8-3-2-4-9-17)15-16-7-5-6-10-20(16)21/h2-14H,15H2,1H3. The van der Waals surface area contributed by atoms with E-state index in [9.17, 15) is 8.42 Å². The van der Waals surface area contributed by atoms with E-state index >= 15 is 0 Å². The van der Waals surface area contributed by atoms with Gasteiger partial charge in [-0.1, -0.05) is 48.0 Å². The first-order valence-corrected chi connectivity index (χ1v) is 9.79. The van der Waals surface area contributed by atoms with Crippen molar-refractivity contribution in [2.75, 3.05) is 11.4 Å². The number of nitrogens with zero attached hydrogens (tertiary/aromatic N) is 1. The second-order valence-electron chi connectivity index (χ2n) is 5.61. The molecule has 0 aromatic heterocycles. The molecule has 0 bridgehead atoms. The Bertz CT molecular complexity index is 973. The Morgan fingerprint density at radius 2 is 1.50 bits per heavy atom. The Morgan fingerprint density at radius 1 is 0.885 bits per heavy atom. The van der Waals surface area contributed by atoms with Crippen LogP contribution in [0.2, 0.25) is 5.02 Å². The highest BCUT2D eigenvalue weighted by Gasteiger charge is 2.25. The number of para-hydroxylation sites is 1. The van der Waals surface area contributed by atoms with Crippen LogP contribution in [0.5, 0.6) is 5.75 Å². The van der Waals surface area contributed by atoms with Crippen molar-refractivity contribution < 1.29 is 13.2 Å². The van der Waals surface area contributed by atoms with Crippen LogP contribution in [0, 0.1) is 0 Å². The summed E-state index contributed by atoms with van der Waals surface area (Å²) in [5, 5.41) is 0.526. The van der Waals surface area contributed by atoms with E-state index in [1.54, 1.807) is 42.5 Å². The van der Waals surface area contributed by atoms with Crippen LogP contribution >= 0.6 is 11.6 Å². The average molecular weight is 388 g/mol. The third kappa shape index (κ3) is 3.84. The maximum Gasteiger partial charge on any atom is 0.264 e. The fourth-order valence-electron chi connectivity index (χ4n) is 2.57. The molecule has 6 heteroatoms. The van der Waals surface area contributed by atoms with Gasteiger partial charge in [0, 0.05) is 5.02 Å². The van der Waals surface area contributed by atoms with E-state index < -0.39 is 10.0 Å². The quantitative estimate of drug-likeness (QED) is 0.613. The van der Waals surface area contributed by atoms with Gasteiger partial charge >= 0.3 is 0 Å². The molecule has 0 atom stereocenters. The monoisotopic (exact) mass is 387 g/mol. The van der Waals surface area contributed by atoms with Crippen LogP contribution in [0.15, 0.2) is 83.8 Å². The Balaban J connectivity index is 2.06. The van der Waals surface area contributed by atoms with Gasteiger partial charge in [0.2, 0.25) is 0 Å². The molecule has 0 aliphatic carbocycles. The third-order valence-electron chi connectivity index (χ3n) is 3.96. The van der Waals surface area contributed by atoms with Gasteiger partial charge in [-0.15, -0.1) is 0 Å². The third-order valence-corrected chi connectivity index (χ3v) is 6.12. The number of hydrogen-bond donors (Lipinski definition) is 0. The molecule has 0 spiro atoms. The van der Waals surface area contributed by atoms with Gasteiger partial charge in [0.1, 0.15) is 5.75 Å². The molecule has 134 valence electrons. The second kappa shape index (κ2) is 7.81. The minimum atomic E-state index is -3.77. The van der Waals surface area contributed by atoms with Gasteiger partial charge in [0.15, 0.2) is 0 Å². The lowest BCUT2D eigenvalue weighted by Crippen LogP contribution is -2.30. The Kier molecular flexibility index (Phi) is 5.49. The number of ether oxygens (including phenoxy) is 1. The topological polar surface area (TPSA) is 46.6 Å². The molecule has 3 aromatic carbocycles. The molecule has 3 aromatic rings. The summed E-state index contributed by atoms with van der Waals surface area (Å²) in [5.74, 6) is 0.598. The fourth-order valence-corrected chi connectivity index (χ4v) is 4.20. The zero-order valence-corrected chi connectivity index (χ0v) is 15.7. The summed E-state index contributed by atoms with van der Waals surface area (Å²) in [6, 6.07) is 22.5. The zero-order chi connectivity index (χ0) is 18.6. The number of benzene rings is 3. The van der Waals surface area contributed by atoms with E-state index in [1.807, 2.05) is 24.3 Å². The molecule has 0 heterocycles.